The first-order valence-electron chi connectivity index (χ1n) is 10.7. The van der Waals surface area contributed by atoms with E-state index in [0.29, 0.717) is 0 Å². The minimum Gasteiger partial charge on any atom is -0.233 e. The van der Waals surface area contributed by atoms with Crippen LogP contribution in [-0.4, -0.2) is 9.97 Å². The Balaban J connectivity index is 1.46. The molecule has 0 saturated carbocycles. The van der Waals surface area contributed by atoms with Crippen LogP contribution in [0.5, 0.6) is 0 Å². The molecule has 0 aliphatic rings. The molecule has 4 aromatic carbocycles. The van der Waals surface area contributed by atoms with Crippen molar-refractivity contribution in [3.8, 4) is 33.6 Å². The van der Waals surface area contributed by atoms with Gasteiger partial charge in [0.25, 0.3) is 0 Å². The number of benzene rings is 4. The van der Waals surface area contributed by atoms with Gasteiger partial charge in [-0.25, -0.2) is 9.97 Å². The number of thiophene rings is 1. The van der Waals surface area contributed by atoms with Gasteiger partial charge >= 0.3 is 0 Å². The molecule has 0 unspecified atom stereocenters. The molecule has 0 spiro atoms. The van der Waals surface area contributed by atoms with E-state index in [2.05, 4.69) is 97.1 Å². The summed E-state index contributed by atoms with van der Waals surface area (Å²) in [6.07, 6.45) is 0. The molecule has 6 rings (SSSR count). The number of nitrogens with zero attached hydrogens (tertiary/aromatic N) is 2. The zero-order chi connectivity index (χ0) is 21.5. The van der Waals surface area contributed by atoms with E-state index >= 15 is 0 Å². The second-order valence-electron chi connectivity index (χ2n) is 7.91. The summed E-state index contributed by atoms with van der Waals surface area (Å²) in [4.78, 5) is 9.56. The third-order valence-corrected chi connectivity index (χ3v) is 7.03. The fraction of sp³-hybridized carbons (Fsp3) is 0.0345. The molecule has 0 amide bonds. The van der Waals surface area contributed by atoms with Crippen LogP contribution in [0.4, 0.5) is 0 Å². The summed E-state index contributed by atoms with van der Waals surface area (Å²) in [6, 6.07) is 36.3. The molecule has 0 aliphatic heterocycles. The number of fused-ring (bicyclic) bond motifs is 3. The fourth-order valence-corrected chi connectivity index (χ4v) is 5.49. The van der Waals surface area contributed by atoms with E-state index in [1.54, 1.807) is 0 Å². The highest BCUT2D eigenvalue weighted by molar-refractivity contribution is 7.26. The standard InChI is InChI=1S/C29H20N2S/c1-19-30-26(22-16-14-21(15-17-22)20-8-3-2-4-9-20)18-27(31-19)25-12-7-11-24-23-10-5-6-13-28(23)32-29(24)25/h2-18H,1H3. The Morgan fingerprint density at radius 1 is 0.562 bits per heavy atom. The van der Waals surface area contributed by atoms with Crippen molar-refractivity contribution in [1.82, 2.24) is 9.97 Å². The highest BCUT2D eigenvalue weighted by Gasteiger charge is 2.13. The smallest absolute Gasteiger partial charge is 0.126 e. The van der Waals surface area contributed by atoms with Crippen molar-refractivity contribution in [2.24, 2.45) is 0 Å². The van der Waals surface area contributed by atoms with Gasteiger partial charge in [-0.3, -0.25) is 0 Å². The van der Waals surface area contributed by atoms with E-state index in [4.69, 9.17) is 9.97 Å². The third kappa shape index (κ3) is 3.28. The zero-order valence-corrected chi connectivity index (χ0v) is 18.4. The van der Waals surface area contributed by atoms with Crippen molar-refractivity contribution >= 4 is 31.5 Å². The maximum Gasteiger partial charge on any atom is 0.126 e. The summed E-state index contributed by atoms with van der Waals surface area (Å²) in [5.74, 6) is 0.780. The molecule has 0 bridgehead atoms. The summed E-state index contributed by atoms with van der Waals surface area (Å²) >= 11 is 1.83. The van der Waals surface area contributed by atoms with E-state index in [0.717, 1.165) is 28.3 Å². The van der Waals surface area contributed by atoms with Gasteiger partial charge in [0.1, 0.15) is 5.82 Å². The Morgan fingerprint density at radius 2 is 1.22 bits per heavy atom. The van der Waals surface area contributed by atoms with Gasteiger partial charge in [-0.1, -0.05) is 91.0 Å². The molecule has 152 valence electrons. The van der Waals surface area contributed by atoms with Gasteiger partial charge in [0.05, 0.1) is 11.4 Å². The zero-order valence-electron chi connectivity index (χ0n) is 17.6. The fourth-order valence-electron chi connectivity index (χ4n) is 4.27. The summed E-state index contributed by atoms with van der Waals surface area (Å²) in [5.41, 5.74) is 6.60. The van der Waals surface area contributed by atoms with E-state index in [1.165, 1.54) is 31.3 Å². The first kappa shape index (κ1) is 18.9. The average molecular weight is 429 g/mol. The number of hydrogen-bond acceptors (Lipinski definition) is 3. The molecule has 0 N–H and O–H groups in total. The van der Waals surface area contributed by atoms with Crippen molar-refractivity contribution in [2.45, 2.75) is 6.92 Å². The van der Waals surface area contributed by atoms with Crippen molar-refractivity contribution in [3.63, 3.8) is 0 Å². The predicted molar refractivity (Wildman–Crippen MR) is 136 cm³/mol. The quantitative estimate of drug-likeness (QED) is 0.284. The lowest BCUT2D eigenvalue weighted by molar-refractivity contribution is 1.06. The molecular weight excluding hydrogens is 408 g/mol. The van der Waals surface area contributed by atoms with Crippen molar-refractivity contribution in [3.05, 3.63) is 109 Å². The molecule has 32 heavy (non-hydrogen) atoms. The van der Waals surface area contributed by atoms with E-state index in [1.807, 2.05) is 24.3 Å². The SMILES string of the molecule is Cc1nc(-c2ccc(-c3ccccc3)cc2)cc(-c2cccc3c2sc2ccccc23)n1. The van der Waals surface area contributed by atoms with Crippen LogP contribution in [0.2, 0.25) is 0 Å². The summed E-state index contributed by atoms with van der Waals surface area (Å²) in [7, 11) is 0. The monoisotopic (exact) mass is 428 g/mol. The molecule has 2 nitrogen and oxygen atoms in total. The van der Waals surface area contributed by atoms with Gasteiger partial charge < -0.3 is 0 Å². The first-order chi connectivity index (χ1) is 15.8. The molecule has 6 aromatic rings. The highest BCUT2D eigenvalue weighted by Crippen LogP contribution is 2.39. The van der Waals surface area contributed by atoms with Crippen LogP contribution in [0.1, 0.15) is 5.82 Å². The Bertz CT molecular complexity index is 1560. The number of hydrogen-bond donors (Lipinski definition) is 0. The second kappa shape index (κ2) is 7.70. The molecular formula is C29H20N2S. The van der Waals surface area contributed by atoms with E-state index in [-0.39, 0.29) is 0 Å². The molecule has 0 saturated heterocycles. The lowest BCUT2D eigenvalue weighted by Gasteiger charge is -2.09. The van der Waals surface area contributed by atoms with Crippen molar-refractivity contribution in [2.75, 3.05) is 0 Å². The third-order valence-electron chi connectivity index (χ3n) is 5.81. The summed E-state index contributed by atoms with van der Waals surface area (Å²) < 4.78 is 2.58. The topological polar surface area (TPSA) is 25.8 Å². The Kier molecular flexibility index (Phi) is 4.55. The highest BCUT2D eigenvalue weighted by atomic mass is 32.1. The van der Waals surface area contributed by atoms with E-state index < -0.39 is 0 Å². The predicted octanol–water partition coefficient (Wildman–Crippen LogP) is 8.15. The first-order valence-corrected chi connectivity index (χ1v) is 11.5. The molecule has 0 atom stereocenters. The van der Waals surface area contributed by atoms with Gasteiger partial charge in [-0.15, -0.1) is 11.3 Å². The van der Waals surface area contributed by atoms with Gasteiger partial charge in [0.2, 0.25) is 0 Å². The van der Waals surface area contributed by atoms with Crippen LogP contribution < -0.4 is 0 Å². The minimum absolute atomic E-state index is 0.780. The molecule has 0 fully saturated rings. The Hall–Kier alpha value is -3.82. The number of aryl methyl sites for hydroxylation is 1. The maximum atomic E-state index is 4.81. The Labute approximate surface area is 190 Å². The summed E-state index contributed by atoms with van der Waals surface area (Å²) in [6.45, 7) is 1.97. The minimum atomic E-state index is 0.780. The van der Waals surface area contributed by atoms with Crippen LogP contribution in [-0.2, 0) is 0 Å². The van der Waals surface area contributed by atoms with Gasteiger partial charge in [0.15, 0.2) is 0 Å². The largest absolute Gasteiger partial charge is 0.233 e. The summed E-state index contributed by atoms with van der Waals surface area (Å²) in [5, 5.41) is 2.59. The normalized spacial score (nSPS) is 11.3. The molecule has 0 aliphatic carbocycles. The molecule has 2 heterocycles. The second-order valence-corrected chi connectivity index (χ2v) is 8.96. The van der Waals surface area contributed by atoms with Crippen LogP contribution in [0.25, 0.3) is 53.8 Å². The number of aromatic nitrogens is 2. The lowest BCUT2D eigenvalue weighted by atomic mass is 10.0. The van der Waals surface area contributed by atoms with Crippen LogP contribution in [0, 0.1) is 6.92 Å². The maximum absolute atomic E-state index is 4.81. The number of rotatable bonds is 3. The lowest BCUT2D eigenvalue weighted by Crippen LogP contribution is -1.95. The Morgan fingerprint density at radius 3 is 2.06 bits per heavy atom. The van der Waals surface area contributed by atoms with Crippen molar-refractivity contribution in [1.29, 1.82) is 0 Å². The van der Waals surface area contributed by atoms with Crippen molar-refractivity contribution < 1.29 is 0 Å². The molecule has 2 aromatic heterocycles. The van der Waals surface area contributed by atoms with Crippen LogP contribution >= 0.6 is 11.3 Å². The van der Waals surface area contributed by atoms with Gasteiger partial charge in [-0.2, -0.15) is 0 Å². The molecule has 0 radical (unpaired) electrons. The van der Waals surface area contributed by atoms with Crippen LogP contribution in [0.15, 0.2) is 103 Å². The van der Waals surface area contributed by atoms with Gasteiger partial charge in [-0.05, 0) is 30.2 Å². The molecule has 3 heteroatoms. The average Bonchev–Trinajstić information content (AvgIpc) is 3.23. The van der Waals surface area contributed by atoms with E-state index in [9.17, 15) is 0 Å². The van der Waals surface area contributed by atoms with Gasteiger partial charge in [0, 0.05) is 31.3 Å². The van der Waals surface area contributed by atoms with Crippen LogP contribution in [0.3, 0.4) is 0 Å².